The number of benzene rings is 1. The van der Waals surface area contributed by atoms with Crippen molar-refractivity contribution in [2.45, 2.75) is 31.7 Å². The highest BCUT2D eigenvalue weighted by Gasteiger charge is 2.32. The summed E-state index contributed by atoms with van der Waals surface area (Å²) in [6, 6.07) is 5.19. The van der Waals surface area contributed by atoms with Gasteiger partial charge in [-0.3, -0.25) is 0 Å². The molecule has 2 atom stereocenters. The third-order valence-electron chi connectivity index (χ3n) is 3.83. The summed E-state index contributed by atoms with van der Waals surface area (Å²) in [6.07, 6.45) is 1.07. The van der Waals surface area contributed by atoms with Gasteiger partial charge in [-0.1, -0.05) is 31.5 Å². The van der Waals surface area contributed by atoms with Crippen LogP contribution < -0.4 is 5.32 Å². The first-order valence-electron chi connectivity index (χ1n) is 7.27. The molecule has 1 aliphatic heterocycles. The maximum absolute atomic E-state index is 12.9. The van der Waals surface area contributed by atoms with Crippen molar-refractivity contribution in [3.63, 3.8) is 0 Å². The van der Waals surface area contributed by atoms with Gasteiger partial charge in [-0.2, -0.15) is 4.31 Å². The number of rotatable bonds is 4. The zero-order valence-corrected chi connectivity index (χ0v) is 14.3. The van der Waals surface area contributed by atoms with E-state index in [0.29, 0.717) is 36.5 Å². The van der Waals surface area contributed by atoms with Crippen LogP contribution in [0.3, 0.4) is 0 Å². The molecule has 1 saturated heterocycles. The SMILES string of the molecule is CNCc1ccc(Cl)c(S(=O)(=O)N2CC(C)CC(C)C2)c1. The summed E-state index contributed by atoms with van der Waals surface area (Å²) < 4.78 is 27.3. The number of halogens is 1. The topological polar surface area (TPSA) is 49.4 Å². The monoisotopic (exact) mass is 330 g/mol. The second kappa shape index (κ2) is 6.65. The van der Waals surface area contributed by atoms with E-state index in [-0.39, 0.29) is 4.90 Å². The van der Waals surface area contributed by atoms with Gasteiger partial charge in [-0.15, -0.1) is 0 Å². The highest BCUT2D eigenvalue weighted by molar-refractivity contribution is 7.89. The van der Waals surface area contributed by atoms with Gasteiger partial charge >= 0.3 is 0 Å². The zero-order valence-electron chi connectivity index (χ0n) is 12.8. The van der Waals surface area contributed by atoms with E-state index in [0.717, 1.165) is 12.0 Å². The van der Waals surface area contributed by atoms with Crippen LogP contribution in [0.1, 0.15) is 25.8 Å². The molecule has 6 heteroatoms. The fourth-order valence-electron chi connectivity index (χ4n) is 3.00. The van der Waals surface area contributed by atoms with Crippen LogP contribution in [-0.2, 0) is 16.6 Å². The van der Waals surface area contributed by atoms with Crippen LogP contribution in [0.15, 0.2) is 23.1 Å². The molecule has 1 N–H and O–H groups in total. The highest BCUT2D eigenvalue weighted by Crippen LogP contribution is 2.30. The van der Waals surface area contributed by atoms with Gasteiger partial charge in [-0.05, 0) is 43.0 Å². The minimum absolute atomic E-state index is 0.221. The van der Waals surface area contributed by atoms with E-state index in [1.807, 2.05) is 13.1 Å². The van der Waals surface area contributed by atoms with Crippen molar-refractivity contribution in [1.29, 1.82) is 0 Å². The average Bonchev–Trinajstić information content (AvgIpc) is 2.40. The molecule has 2 unspecified atom stereocenters. The van der Waals surface area contributed by atoms with E-state index in [1.165, 1.54) is 0 Å². The normalized spacial score (nSPS) is 24.2. The Labute approximate surface area is 132 Å². The van der Waals surface area contributed by atoms with Crippen molar-refractivity contribution in [2.24, 2.45) is 11.8 Å². The molecule has 0 amide bonds. The Balaban J connectivity index is 2.36. The van der Waals surface area contributed by atoms with E-state index >= 15 is 0 Å². The molecule has 0 saturated carbocycles. The van der Waals surface area contributed by atoms with Crippen molar-refractivity contribution < 1.29 is 8.42 Å². The van der Waals surface area contributed by atoms with Crippen LogP contribution in [0.4, 0.5) is 0 Å². The summed E-state index contributed by atoms with van der Waals surface area (Å²) in [7, 11) is -1.70. The minimum Gasteiger partial charge on any atom is -0.316 e. The summed E-state index contributed by atoms with van der Waals surface area (Å²) in [4.78, 5) is 0.221. The summed E-state index contributed by atoms with van der Waals surface area (Å²) in [6.45, 7) is 5.94. The Kier molecular flexibility index (Phi) is 5.30. The average molecular weight is 331 g/mol. The fraction of sp³-hybridized carbons (Fsp3) is 0.600. The van der Waals surface area contributed by atoms with Crippen molar-refractivity contribution in [2.75, 3.05) is 20.1 Å². The third kappa shape index (κ3) is 3.77. The maximum atomic E-state index is 12.9. The predicted octanol–water partition coefficient (Wildman–Crippen LogP) is 2.73. The first-order valence-corrected chi connectivity index (χ1v) is 9.09. The van der Waals surface area contributed by atoms with Crippen molar-refractivity contribution >= 4 is 21.6 Å². The molecule has 2 rings (SSSR count). The third-order valence-corrected chi connectivity index (χ3v) is 6.14. The van der Waals surface area contributed by atoms with Crippen LogP contribution >= 0.6 is 11.6 Å². The number of hydrogen-bond donors (Lipinski definition) is 1. The van der Waals surface area contributed by atoms with Crippen LogP contribution in [0.5, 0.6) is 0 Å². The van der Waals surface area contributed by atoms with Gasteiger partial charge in [0.05, 0.1) is 5.02 Å². The van der Waals surface area contributed by atoms with Gasteiger partial charge in [0.15, 0.2) is 0 Å². The summed E-state index contributed by atoms with van der Waals surface area (Å²) >= 11 is 6.15. The highest BCUT2D eigenvalue weighted by atomic mass is 35.5. The van der Waals surface area contributed by atoms with Crippen molar-refractivity contribution in [3.05, 3.63) is 28.8 Å². The molecular formula is C15H23ClN2O2S. The lowest BCUT2D eigenvalue weighted by Gasteiger charge is -2.34. The Bertz CT molecular complexity index is 594. The standard InChI is InChI=1S/C15H23ClN2O2S/c1-11-6-12(2)10-18(9-11)21(19,20)15-7-13(8-17-3)4-5-14(15)16/h4-5,7,11-12,17H,6,8-10H2,1-3H3. The zero-order chi connectivity index (χ0) is 15.6. The molecule has 118 valence electrons. The molecule has 1 aromatic rings. The number of hydrogen-bond acceptors (Lipinski definition) is 3. The molecule has 21 heavy (non-hydrogen) atoms. The van der Waals surface area contributed by atoms with Crippen LogP contribution in [0.2, 0.25) is 5.02 Å². The van der Waals surface area contributed by atoms with E-state index in [2.05, 4.69) is 19.2 Å². The summed E-state index contributed by atoms with van der Waals surface area (Å²) in [5.74, 6) is 0.755. The second-order valence-electron chi connectivity index (χ2n) is 6.06. The molecule has 0 spiro atoms. The molecule has 0 aliphatic carbocycles. The van der Waals surface area contributed by atoms with E-state index < -0.39 is 10.0 Å². The van der Waals surface area contributed by atoms with E-state index in [4.69, 9.17) is 11.6 Å². The molecule has 0 radical (unpaired) electrons. The number of piperidine rings is 1. The smallest absolute Gasteiger partial charge is 0.244 e. The molecule has 0 aromatic heterocycles. The fourth-order valence-corrected chi connectivity index (χ4v) is 5.21. The molecule has 1 fully saturated rings. The van der Waals surface area contributed by atoms with Gasteiger partial charge in [0.25, 0.3) is 0 Å². The van der Waals surface area contributed by atoms with Gasteiger partial charge in [0, 0.05) is 19.6 Å². The summed E-state index contributed by atoms with van der Waals surface area (Å²) in [5, 5.41) is 3.32. The Hall–Kier alpha value is -0.620. The maximum Gasteiger partial charge on any atom is 0.244 e. The largest absolute Gasteiger partial charge is 0.316 e. The lowest BCUT2D eigenvalue weighted by atomic mass is 9.94. The second-order valence-corrected chi connectivity index (χ2v) is 8.38. The first kappa shape index (κ1) is 16.7. The van der Waals surface area contributed by atoms with Crippen LogP contribution in [-0.4, -0.2) is 32.9 Å². The Morgan fingerprint density at radius 2 is 1.90 bits per heavy atom. The molecule has 1 heterocycles. The minimum atomic E-state index is -3.53. The van der Waals surface area contributed by atoms with Crippen molar-refractivity contribution in [3.8, 4) is 0 Å². The number of sulfonamides is 1. The molecule has 4 nitrogen and oxygen atoms in total. The lowest BCUT2D eigenvalue weighted by Crippen LogP contribution is -2.42. The van der Waals surface area contributed by atoms with Gasteiger partial charge in [0.2, 0.25) is 10.0 Å². The molecule has 1 aliphatic rings. The lowest BCUT2D eigenvalue weighted by molar-refractivity contribution is 0.222. The Morgan fingerprint density at radius 3 is 2.48 bits per heavy atom. The predicted molar refractivity (Wildman–Crippen MR) is 85.9 cm³/mol. The number of nitrogens with one attached hydrogen (secondary N) is 1. The van der Waals surface area contributed by atoms with Crippen molar-refractivity contribution in [1.82, 2.24) is 9.62 Å². The molecule has 0 bridgehead atoms. The van der Waals surface area contributed by atoms with Gasteiger partial charge < -0.3 is 5.32 Å². The van der Waals surface area contributed by atoms with Crippen LogP contribution in [0.25, 0.3) is 0 Å². The van der Waals surface area contributed by atoms with Gasteiger partial charge in [-0.25, -0.2) is 8.42 Å². The molecular weight excluding hydrogens is 308 g/mol. The summed E-state index contributed by atoms with van der Waals surface area (Å²) in [5.41, 5.74) is 0.915. The molecule has 1 aromatic carbocycles. The van der Waals surface area contributed by atoms with Crippen LogP contribution in [0, 0.1) is 11.8 Å². The van der Waals surface area contributed by atoms with E-state index in [9.17, 15) is 8.42 Å². The Morgan fingerprint density at radius 1 is 1.29 bits per heavy atom. The van der Waals surface area contributed by atoms with E-state index in [1.54, 1.807) is 16.4 Å². The quantitative estimate of drug-likeness (QED) is 0.923. The first-order chi connectivity index (χ1) is 9.84. The number of nitrogens with zero attached hydrogens (tertiary/aromatic N) is 1. The van der Waals surface area contributed by atoms with Gasteiger partial charge in [0.1, 0.15) is 4.90 Å².